The van der Waals surface area contributed by atoms with Crippen molar-refractivity contribution in [2.24, 2.45) is 5.10 Å². The molecule has 1 aromatic heterocycles. The van der Waals surface area contributed by atoms with Crippen molar-refractivity contribution in [3.8, 4) is 0 Å². The third-order valence-corrected chi connectivity index (χ3v) is 3.68. The van der Waals surface area contributed by atoms with Crippen LogP contribution >= 0.6 is 0 Å². The van der Waals surface area contributed by atoms with Crippen LogP contribution in [-0.2, 0) is 11.2 Å². The average Bonchev–Trinajstić information content (AvgIpc) is 2.99. The summed E-state index contributed by atoms with van der Waals surface area (Å²) in [6.07, 6.45) is 0.287. The minimum atomic E-state index is -0.149. The Morgan fingerprint density at radius 1 is 1.09 bits per heavy atom. The maximum Gasteiger partial charge on any atom is 0.244 e. The Morgan fingerprint density at radius 2 is 1.87 bits per heavy atom. The molecule has 4 heteroatoms. The van der Waals surface area contributed by atoms with Crippen molar-refractivity contribution in [3.05, 3.63) is 71.7 Å². The molecule has 23 heavy (non-hydrogen) atoms. The number of hydrazone groups is 1. The van der Waals surface area contributed by atoms with Crippen LogP contribution in [0.1, 0.15) is 24.0 Å². The number of aryl methyl sites for hydroxylation is 1. The molecule has 0 fully saturated rings. The lowest BCUT2D eigenvalue weighted by atomic mass is 10.0. The van der Waals surface area contributed by atoms with E-state index in [0.29, 0.717) is 11.5 Å². The fraction of sp³-hybridized carbons (Fsp3) is 0.158. The van der Waals surface area contributed by atoms with Gasteiger partial charge in [0.15, 0.2) is 0 Å². The van der Waals surface area contributed by atoms with E-state index in [0.717, 1.165) is 22.1 Å². The number of fused-ring (bicyclic) bond motifs is 1. The fourth-order valence-corrected chi connectivity index (χ4v) is 2.49. The molecule has 0 atom stereocenters. The van der Waals surface area contributed by atoms with E-state index in [2.05, 4.69) is 10.5 Å². The van der Waals surface area contributed by atoms with E-state index in [9.17, 15) is 4.79 Å². The first-order chi connectivity index (χ1) is 11.1. The molecule has 0 spiro atoms. The van der Waals surface area contributed by atoms with Crippen LogP contribution < -0.4 is 5.43 Å². The molecule has 0 aliphatic carbocycles. The highest BCUT2D eigenvalue weighted by Crippen LogP contribution is 2.18. The van der Waals surface area contributed by atoms with Crippen LogP contribution in [0.25, 0.3) is 10.8 Å². The van der Waals surface area contributed by atoms with Crippen molar-refractivity contribution in [1.82, 2.24) is 5.43 Å². The van der Waals surface area contributed by atoms with Crippen LogP contribution in [0.5, 0.6) is 0 Å². The number of furan rings is 1. The summed E-state index contributed by atoms with van der Waals surface area (Å²) in [5.41, 5.74) is 4.22. The highest BCUT2D eigenvalue weighted by molar-refractivity contribution is 5.97. The number of hydrogen-bond donors (Lipinski definition) is 1. The van der Waals surface area contributed by atoms with Crippen molar-refractivity contribution >= 4 is 22.4 Å². The van der Waals surface area contributed by atoms with Crippen LogP contribution in [-0.4, -0.2) is 11.6 Å². The molecular formula is C19H18N2O2. The Bertz CT molecular complexity index is 872. The molecule has 0 aliphatic rings. The summed E-state index contributed by atoms with van der Waals surface area (Å²) in [7, 11) is 0. The molecule has 2 aromatic carbocycles. The van der Waals surface area contributed by atoms with Gasteiger partial charge in [0.25, 0.3) is 0 Å². The van der Waals surface area contributed by atoms with Crippen molar-refractivity contribution in [2.45, 2.75) is 20.3 Å². The van der Waals surface area contributed by atoms with Gasteiger partial charge >= 0.3 is 0 Å². The molecule has 0 saturated heterocycles. The number of hydrogen-bond acceptors (Lipinski definition) is 3. The van der Waals surface area contributed by atoms with Gasteiger partial charge in [-0.25, -0.2) is 5.43 Å². The molecule has 0 saturated carbocycles. The minimum Gasteiger partial charge on any atom is -0.460 e. The number of rotatable bonds is 4. The summed E-state index contributed by atoms with van der Waals surface area (Å²) >= 11 is 0. The largest absolute Gasteiger partial charge is 0.460 e. The third kappa shape index (κ3) is 3.48. The fourth-order valence-electron chi connectivity index (χ4n) is 2.49. The number of amides is 1. The van der Waals surface area contributed by atoms with Gasteiger partial charge < -0.3 is 4.42 Å². The summed E-state index contributed by atoms with van der Waals surface area (Å²) in [5, 5.41) is 6.33. The predicted molar refractivity (Wildman–Crippen MR) is 91.5 cm³/mol. The maximum absolute atomic E-state index is 12.1. The second-order valence-corrected chi connectivity index (χ2v) is 5.46. The lowest BCUT2D eigenvalue weighted by Gasteiger charge is -2.06. The lowest BCUT2D eigenvalue weighted by Crippen LogP contribution is -2.21. The zero-order valence-electron chi connectivity index (χ0n) is 13.2. The normalized spacial score (nSPS) is 11.7. The van der Waals surface area contributed by atoms with Gasteiger partial charge in [-0.05, 0) is 42.3 Å². The number of carbonyl (C=O) groups excluding carboxylic acids is 1. The van der Waals surface area contributed by atoms with E-state index in [4.69, 9.17) is 4.42 Å². The quantitative estimate of drug-likeness (QED) is 0.588. The molecule has 0 unspecified atom stereocenters. The SMILES string of the molecule is C/C(=N/NC(=O)Cc1cccc2ccccc12)c1ccc(C)o1. The predicted octanol–water partition coefficient (Wildman–Crippen LogP) is 3.82. The van der Waals surface area contributed by atoms with E-state index in [1.54, 1.807) is 6.92 Å². The van der Waals surface area contributed by atoms with Crippen LogP contribution in [0, 0.1) is 6.92 Å². The molecule has 116 valence electrons. The van der Waals surface area contributed by atoms with Gasteiger partial charge in [-0.2, -0.15) is 5.10 Å². The van der Waals surface area contributed by atoms with Gasteiger partial charge in [0, 0.05) is 0 Å². The maximum atomic E-state index is 12.1. The minimum absolute atomic E-state index is 0.149. The highest BCUT2D eigenvalue weighted by atomic mass is 16.3. The monoisotopic (exact) mass is 306 g/mol. The second kappa shape index (κ2) is 6.48. The Kier molecular flexibility index (Phi) is 4.24. The van der Waals surface area contributed by atoms with Crippen molar-refractivity contribution in [2.75, 3.05) is 0 Å². The Labute approximate surface area is 134 Å². The Hall–Kier alpha value is -2.88. The van der Waals surface area contributed by atoms with Crippen LogP contribution in [0.3, 0.4) is 0 Å². The smallest absolute Gasteiger partial charge is 0.244 e. The molecule has 1 N–H and O–H groups in total. The Balaban J connectivity index is 1.72. The number of nitrogens with zero attached hydrogens (tertiary/aromatic N) is 1. The summed E-state index contributed by atoms with van der Waals surface area (Å²) < 4.78 is 5.47. The van der Waals surface area contributed by atoms with E-state index >= 15 is 0 Å². The first-order valence-electron chi connectivity index (χ1n) is 7.50. The first kappa shape index (κ1) is 15.0. The number of carbonyl (C=O) groups is 1. The topological polar surface area (TPSA) is 54.6 Å². The molecule has 1 heterocycles. The summed E-state index contributed by atoms with van der Waals surface area (Å²) in [5.74, 6) is 1.33. The van der Waals surface area contributed by atoms with Crippen molar-refractivity contribution < 1.29 is 9.21 Å². The first-order valence-corrected chi connectivity index (χ1v) is 7.50. The van der Waals surface area contributed by atoms with Gasteiger partial charge in [-0.15, -0.1) is 0 Å². The Morgan fingerprint density at radius 3 is 2.65 bits per heavy atom. The molecule has 0 radical (unpaired) electrons. The van der Waals surface area contributed by atoms with Crippen LogP contribution in [0.4, 0.5) is 0 Å². The highest BCUT2D eigenvalue weighted by Gasteiger charge is 2.07. The van der Waals surface area contributed by atoms with E-state index < -0.39 is 0 Å². The van der Waals surface area contributed by atoms with Gasteiger partial charge in [0.05, 0.1) is 6.42 Å². The van der Waals surface area contributed by atoms with Gasteiger partial charge in [0.2, 0.25) is 5.91 Å². The third-order valence-electron chi connectivity index (χ3n) is 3.68. The molecule has 0 bridgehead atoms. The van der Waals surface area contributed by atoms with Crippen molar-refractivity contribution in [3.63, 3.8) is 0 Å². The van der Waals surface area contributed by atoms with Gasteiger partial charge in [0.1, 0.15) is 17.2 Å². The molecule has 3 rings (SSSR count). The van der Waals surface area contributed by atoms with Crippen LogP contribution in [0.2, 0.25) is 0 Å². The molecule has 0 aliphatic heterocycles. The van der Waals surface area contributed by atoms with E-state index in [-0.39, 0.29) is 12.3 Å². The summed E-state index contributed by atoms with van der Waals surface area (Å²) in [6, 6.07) is 17.7. The molecule has 1 amide bonds. The number of nitrogens with one attached hydrogen (secondary N) is 1. The van der Waals surface area contributed by atoms with Gasteiger partial charge in [-0.1, -0.05) is 42.5 Å². The standard InChI is InChI=1S/C19H18N2O2/c1-13-10-11-18(23-13)14(2)20-21-19(22)12-16-8-5-7-15-6-3-4-9-17(15)16/h3-11H,12H2,1-2H3,(H,21,22)/b20-14-. The second-order valence-electron chi connectivity index (χ2n) is 5.46. The van der Waals surface area contributed by atoms with Crippen molar-refractivity contribution in [1.29, 1.82) is 0 Å². The van der Waals surface area contributed by atoms with Gasteiger partial charge in [-0.3, -0.25) is 4.79 Å². The lowest BCUT2D eigenvalue weighted by molar-refractivity contribution is -0.120. The summed E-state index contributed by atoms with van der Waals surface area (Å²) in [6.45, 7) is 3.67. The zero-order chi connectivity index (χ0) is 16.2. The molecule has 3 aromatic rings. The van der Waals surface area contributed by atoms with E-state index in [1.165, 1.54) is 0 Å². The zero-order valence-corrected chi connectivity index (χ0v) is 13.2. The summed E-state index contributed by atoms with van der Waals surface area (Å²) in [4.78, 5) is 12.1. The number of benzene rings is 2. The molecule has 4 nitrogen and oxygen atoms in total. The average molecular weight is 306 g/mol. The van der Waals surface area contributed by atoms with Crippen LogP contribution in [0.15, 0.2) is 64.1 Å². The van der Waals surface area contributed by atoms with E-state index in [1.807, 2.05) is 61.5 Å². The molecular weight excluding hydrogens is 288 g/mol.